The number of aryl methyl sites for hydroxylation is 1. The number of hydrogen-bond acceptors (Lipinski definition) is 3. The number of unbranched alkanes of at least 4 members (excludes halogenated alkanes) is 1. The highest BCUT2D eigenvalue weighted by Gasteiger charge is 2.34. The number of carbonyl (C=O) groups is 2. The molecule has 0 radical (unpaired) electrons. The molecule has 2 aromatic carbocycles. The van der Waals surface area contributed by atoms with Gasteiger partial charge in [0.2, 0.25) is 11.8 Å². The van der Waals surface area contributed by atoms with E-state index in [4.69, 9.17) is 0 Å². The summed E-state index contributed by atoms with van der Waals surface area (Å²) in [6.07, 6.45) is 3.40. The SMILES string of the molecule is CCCCC(=O)Nc1ccc([C@@H]2SCC(=O)N2c2cccc(CC)c2)cc1. The van der Waals surface area contributed by atoms with Crippen LogP contribution in [0.15, 0.2) is 48.5 Å². The van der Waals surface area contributed by atoms with Crippen LogP contribution in [-0.4, -0.2) is 17.6 Å². The molecule has 3 rings (SSSR count). The fourth-order valence-corrected chi connectivity index (χ4v) is 4.35. The molecule has 0 unspecified atom stereocenters. The Kier molecular flexibility index (Phi) is 6.56. The summed E-state index contributed by atoms with van der Waals surface area (Å²) in [6, 6.07) is 16.0. The molecule has 0 aliphatic carbocycles. The molecular formula is C22H26N2O2S. The van der Waals surface area contributed by atoms with Gasteiger partial charge in [-0.15, -0.1) is 11.8 Å². The van der Waals surface area contributed by atoms with Crippen molar-refractivity contribution in [3.8, 4) is 0 Å². The number of carbonyl (C=O) groups excluding carboxylic acids is 2. The second-order valence-corrected chi connectivity index (χ2v) is 7.79. The Balaban J connectivity index is 1.76. The quantitative estimate of drug-likeness (QED) is 0.720. The molecule has 27 heavy (non-hydrogen) atoms. The summed E-state index contributed by atoms with van der Waals surface area (Å²) in [4.78, 5) is 26.3. The second kappa shape index (κ2) is 9.09. The van der Waals surface area contributed by atoms with Crippen LogP contribution in [0.2, 0.25) is 0 Å². The first-order valence-corrected chi connectivity index (χ1v) is 10.6. The molecule has 1 aliphatic rings. The van der Waals surface area contributed by atoms with Gasteiger partial charge in [0.15, 0.2) is 0 Å². The van der Waals surface area contributed by atoms with E-state index in [9.17, 15) is 9.59 Å². The Morgan fingerprint density at radius 3 is 2.67 bits per heavy atom. The van der Waals surface area contributed by atoms with Crippen LogP contribution < -0.4 is 10.2 Å². The van der Waals surface area contributed by atoms with E-state index in [1.807, 2.05) is 41.3 Å². The molecule has 1 saturated heterocycles. The Morgan fingerprint density at radius 2 is 1.96 bits per heavy atom. The third-order valence-corrected chi connectivity index (χ3v) is 5.91. The summed E-state index contributed by atoms with van der Waals surface area (Å²) in [5, 5.41) is 2.90. The maximum Gasteiger partial charge on any atom is 0.238 e. The van der Waals surface area contributed by atoms with Crippen molar-refractivity contribution in [2.24, 2.45) is 0 Å². The smallest absolute Gasteiger partial charge is 0.238 e. The van der Waals surface area contributed by atoms with Crippen LogP contribution in [0.3, 0.4) is 0 Å². The molecule has 1 N–H and O–H groups in total. The zero-order valence-electron chi connectivity index (χ0n) is 15.9. The van der Waals surface area contributed by atoms with Gasteiger partial charge in [-0.1, -0.05) is 44.5 Å². The van der Waals surface area contributed by atoms with Crippen molar-refractivity contribution in [2.45, 2.75) is 44.9 Å². The molecule has 1 aliphatic heterocycles. The lowest BCUT2D eigenvalue weighted by Crippen LogP contribution is -2.27. The number of hydrogen-bond donors (Lipinski definition) is 1. The highest BCUT2D eigenvalue weighted by atomic mass is 32.2. The molecule has 2 amide bonds. The average Bonchev–Trinajstić information content (AvgIpc) is 3.08. The van der Waals surface area contributed by atoms with E-state index in [0.717, 1.165) is 36.2 Å². The van der Waals surface area contributed by atoms with Crippen molar-refractivity contribution in [1.29, 1.82) is 0 Å². The van der Waals surface area contributed by atoms with Crippen molar-refractivity contribution in [3.05, 3.63) is 59.7 Å². The van der Waals surface area contributed by atoms with Crippen molar-refractivity contribution in [1.82, 2.24) is 0 Å². The van der Waals surface area contributed by atoms with Crippen LogP contribution in [0.4, 0.5) is 11.4 Å². The molecule has 1 heterocycles. The Labute approximate surface area is 165 Å². The van der Waals surface area contributed by atoms with Crippen LogP contribution in [0.1, 0.15) is 49.6 Å². The number of amides is 2. The van der Waals surface area contributed by atoms with Crippen molar-refractivity contribution in [3.63, 3.8) is 0 Å². The third kappa shape index (κ3) is 4.72. The van der Waals surface area contributed by atoms with E-state index in [2.05, 4.69) is 31.3 Å². The molecule has 4 nitrogen and oxygen atoms in total. The van der Waals surface area contributed by atoms with Crippen LogP contribution in [0, 0.1) is 0 Å². The number of thioether (sulfide) groups is 1. The van der Waals surface area contributed by atoms with Crippen molar-refractivity contribution < 1.29 is 9.59 Å². The largest absolute Gasteiger partial charge is 0.326 e. The van der Waals surface area contributed by atoms with E-state index in [0.29, 0.717) is 12.2 Å². The number of benzene rings is 2. The van der Waals surface area contributed by atoms with Gasteiger partial charge in [-0.2, -0.15) is 0 Å². The molecule has 0 saturated carbocycles. The van der Waals surface area contributed by atoms with Gasteiger partial charge in [0, 0.05) is 17.8 Å². The lowest BCUT2D eigenvalue weighted by Gasteiger charge is -2.25. The van der Waals surface area contributed by atoms with E-state index in [1.54, 1.807) is 11.8 Å². The van der Waals surface area contributed by atoms with E-state index >= 15 is 0 Å². The molecule has 0 aromatic heterocycles. The molecule has 1 atom stereocenters. The monoisotopic (exact) mass is 382 g/mol. The molecule has 0 bridgehead atoms. The zero-order chi connectivity index (χ0) is 19.2. The van der Waals surface area contributed by atoms with Crippen LogP contribution in [-0.2, 0) is 16.0 Å². The van der Waals surface area contributed by atoms with Gasteiger partial charge in [0.05, 0.1) is 5.75 Å². The Morgan fingerprint density at radius 1 is 1.19 bits per heavy atom. The predicted octanol–water partition coefficient (Wildman–Crippen LogP) is 5.16. The van der Waals surface area contributed by atoms with E-state index < -0.39 is 0 Å². The first-order valence-electron chi connectivity index (χ1n) is 9.54. The van der Waals surface area contributed by atoms with Gasteiger partial charge in [0.1, 0.15) is 5.37 Å². The minimum atomic E-state index is -0.0329. The normalized spacial score (nSPS) is 16.6. The highest BCUT2D eigenvalue weighted by molar-refractivity contribution is 8.00. The molecule has 2 aromatic rings. The average molecular weight is 383 g/mol. The first-order chi connectivity index (χ1) is 13.1. The number of nitrogens with one attached hydrogen (secondary N) is 1. The third-order valence-electron chi connectivity index (χ3n) is 4.70. The van der Waals surface area contributed by atoms with E-state index in [1.165, 1.54) is 5.56 Å². The van der Waals surface area contributed by atoms with Crippen molar-refractivity contribution in [2.75, 3.05) is 16.0 Å². The summed E-state index contributed by atoms with van der Waals surface area (Å²) >= 11 is 1.64. The lowest BCUT2D eigenvalue weighted by atomic mass is 10.1. The number of nitrogens with zero attached hydrogens (tertiary/aromatic N) is 1. The number of rotatable bonds is 7. The zero-order valence-corrected chi connectivity index (χ0v) is 16.7. The number of anilines is 2. The van der Waals surface area contributed by atoms with Gasteiger partial charge in [-0.05, 0) is 48.2 Å². The minimum Gasteiger partial charge on any atom is -0.326 e. The highest BCUT2D eigenvalue weighted by Crippen LogP contribution is 2.42. The maximum atomic E-state index is 12.5. The molecular weight excluding hydrogens is 356 g/mol. The standard InChI is InChI=1S/C22H26N2O2S/c1-3-5-9-20(25)23-18-12-10-17(11-13-18)22-24(21(26)15-27-22)19-8-6-7-16(4-2)14-19/h6-8,10-14,22H,3-5,9,15H2,1-2H3,(H,23,25)/t22-/m0/s1. The lowest BCUT2D eigenvalue weighted by molar-refractivity contribution is -0.116. The Hall–Kier alpha value is -2.27. The molecule has 5 heteroatoms. The summed E-state index contributed by atoms with van der Waals surface area (Å²) in [5.74, 6) is 0.666. The van der Waals surface area contributed by atoms with Gasteiger partial charge >= 0.3 is 0 Å². The van der Waals surface area contributed by atoms with Crippen LogP contribution >= 0.6 is 11.8 Å². The van der Waals surface area contributed by atoms with Gasteiger partial charge < -0.3 is 5.32 Å². The summed E-state index contributed by atoms with van der Waals surface area (Å²) in [6.45, 7) is 4.19. The molecule has 0 spiro atoms. The van der Waals surface area contributed by atoms with Gasteiger partial charge in [-0.3, -0.25) is 14.5 Å². The Bertz CT molecular complexity index is 804. The minimum absolute atomic E-state index is 0.0329. The fourth-order valence-electron chi connectivity index (χ4n) is 3.17. The van der Waals surface area contributed by atoms with Crippen LogP contribution in [0.25, 0.3) is 0 Å². The van der Waals surface area contributed by atoms with Gasteiger partial charge in [0.25, 0.3) is 0 Å². The summed E-state index contributed by atoms with van der Waals surface area (Å²) < 4.78 is 0. The summed E-state index contributed by atoms with van der Waals surface area (Å²) in [5.41, 5.74) is 4.04. The van der Waals surface area contributed by atoms with E-state index in [-0.39, 0.29) is 17.2 Å². The first kappa shape index (κ1) is 19.5. The maximum absolute atomic E-state index is 12.5. The van der Waals surface area contributed by atoms with Crippen LogP contribution in [0.5, 0.6) is 0 Å². The summed E-state index contributed by atoms with van der Waals surface area (Å²) in [7, 11) is 0. The second-order valence-electron chi connectivity index (χ2n) is 6.72. The topological polar surface area (TPSA) is 49.4 Å². The fraction of sp³-hybridized carbons (Fsp3) is 0.364. The molecule has 142 valence electrons. The molecule has 1 fully saturated rings. The van der Waals surface area contributed by atoms with Gasteiger partial charge in [-0.25, -0.2) is 0 Å². The van der Waals surface area contributed by atoms with Crippen molar-refractivity contribution >= 4 is 35.0 Å². The predicted molar refractivity (Wildman–Crippen MR) is 113 cm³/mol.